The van der Waals surface area contributed by atoms with Crippen LogP contribution >= 0.6 is 0 Å². The molecular formula is C17H24N2O7S2. The van der Waals surface area contributed by atoms with Crippen LogP contribution in [0.4, 0.5) is 10.5 Å². The van der Waals surface area contributed by atoms with Crippen molar-refractivity contribution >= 4 is 31.6 Å². The highest BCUT2D eigenvalue weighted by atomic mass is 32.2. The highest BCUT2D eigenvalue weighted by molar-refractivity contribution is 7.90. The fourth-order valence-electron chi connectivity index (χ4n) is 3.27. The molecule has 0 bridgehead atoms. The zero-order valence-corrected chi connectivity index (χ0v) is 17.4. The molecule has 9 nitrogen and oxygen atoms in total. The van der Waals surface area contributed by atoms with Crippen molar-refractivity contribution in [2.75, 3.05) is 43.7 Å². The van der Waals surface area contributed by atoms with E-state index in [0.29, 0.717) is 38.2 Å². The largest absolute Gasteiger partial charge is 0.441 e. The Hall–Kier alpha value is -1.69. The number of cyclic esters (lactones) is 1. The number of piperidine rings is 1. The molecule has 0 saturated carbocycles. The van der Waals surface area contributed by atoms with Crippen molar-refractivity contribution in [3.8, 4) is 0 Å². The number of rotatable bonds is 6. The first-order valence-electron chi connectivity index (χ1n) is 8.89. The van der Waals surface area contributed by atoms with E-state index in [1.807, 2.05) is 0 Å². The van der Waals surface area contributed by atoms with Gasteiger partial charge in [0.1, 0.15) is 6.10 Å². The van der Waals surface area contributed by atoms with Crippen molar-refractivity contribution in [2.24, 2.45) is 0 Å². The first kappa shape index (κ1) is 21.0. The van der Waals surface area contributed by atoms with Crippen LogP contribution in [-0.2, 0) is 29.3 Å². The molecule has 28 heavy (non-hydrogen) atoms. The topological polar surface area (TPSA) is 110 Å². The molecule has 0 spiro atoms. The van der Waals surface area contributed by atoms with E-state index in [1.54, 1.807) is 12.1 Å². The van der Waals surface area contributed by atoms with Gasteiger partial charge in [0.2, 0.25) is 10.0 Å². The quantitative estimate of drug-likeness (QED) is 0.655. The Morgan fingerprint density at radius 1 is 1.07 bits per heavy atom. The maximum Gasteiger partial charge on any atom is 0.414 e. The number of amides is 1. The molecule has 0 aromatic heterocycles. The van der Waals surface area contributed by atoms with Gasteiger partial charge < -0.3 is 9.47 Å². The van der Waals surface area contributed by atoms with E-state index in [9.17, 15) is 21.6 Å². The maximum absolute atomic E-state index is 12.1. The monoisotopic (exact) mass is 432 g/mol. The van der Waals surface area contributed by atoms with Crippen LogP contribution in [0.3, 0.4) is 0 Å². The van der Waals surface area contributed by atoms with Crippen LogP contribution in [0.2, 0.25) is 0 Å². The molecule has 1 aromatic carbocycles. The van der Waals surface area contributed by atoms with Crippen LogP contribution in [0.25, 0.3) is 0 Å². The predicted octanol–water partition coefficient (Wildman–Crippen LogP) is 0.856. The van der Waals surface area contributed by atoms with Crippen LogP contribution in [0, 0.1) is 0 Å². The Bertz CT molecular complexity index is 921. The van der Waals surface area contributed by atoms with Crippen molar-refractivity contribution in [3.05, 3.63) is 24.3 Å². The Kier molecular flexibility index (Phi) is 5.99. The van der Waals surface area contributed by atoms with Gasteiger partial charge in [-0.05, 0) is 37.1 Å². The van der Waals surface area contributed by atoms with Crippen LogP contribution in [-0.4, -0.2) is 78.2 Å². The van der Waals surface area contributed by atoms with Gasteiger partial charge in [0.05, 0.1) is 30.4 Å². The van der Waals surface area contributed by atoms with E-state index >= 15 is 0 Å². The first-order chi connectivity index (χ1) is 13.0. The van der Waals surface area contributed by atoms with Crippen molar-refractivity contribution in [1.82, 2.24) is 4.31 Å². The molecule has 3 rings (SSSR count). The lowest BCUT2D eigenvalue weighted by Gasteiger charge is -2.30. The molecule has 11 heteroatoms. The zero-order valence-electron chi connectivity index (χ0n) is 15.8. The number of sulfonamides is 1. The van der Waals surface area contributed by atoms with E-state index < -0.39 is 32.1 Å². The van der Waals surface area contributed by atoms with Gasteiger partial charge in [0, 0.05) is 25.0 Å². The number of carbonyl (C=O) groups is 1. The van der Waals surface area contributed by atoms with Crippen LogP contribution in [0.1, 0.15) is 12.8 Å². The van der Waals surface area contributed by atoms with Crippen molar-refractivity contribution in [2.45, 2.75) is 29.9 Å². The molecule has 2 fully saturated rings. The molecule has 2 heterocycles. The third kappa shape index (κ3) is 5.02. The summed E-state index contributed by atoms with van der Waals surface area (Å²) in [4.78, 5) is 13.7. The standard InChI is InChI=1S/C17H24N2O7S2/c1-27(21,22)16-5-3-13(4-6-16)19-11-15(26-17(19)20)12-25-14-7-9-18(10-8-14)28(2,23)24/h3-6,14-15H,7-12H2,1-2H3. The van der Waals surface area contributed by atoms with E-state index in [4.69, 9.17) is 9.47 Å². The van der Waals surface area contributed by atoms with Crippen molar-refractivity contribution in [3.63, 3.8) is 0 Å². The highest BCUT2D eigenvalue weighted by Gasteiger charge is 2.34. The van der Waals surface area contributed by atoms with E-state index in [0.717, 1.165) is 6.26 Å². The molecule has 156 valence electrons. The minimum atomic E-state index is -3.30. The average Bonchev–Trinajstić information content (AvgIpc) is 3.00. The summed E-state index contributed by atoms with van der Waals surface area (Å²) < 4.78 is 58.7. The molecule has 0 N–H and O–H groups in total. The Morgan fingerprint density at radius 2 is 1.68 bits per heavy atom. The second-order valence-electron chi connectivity index (χ2n) is 7.08. The SMILES string of the molecule is CS(=O)(=O)c1ccc(N2CC(COC3CCN(S(C)(=O)=O)CC3)OC2=O)cc1. The van der Waals surface area contributed by atoms with Crippen molar-refractivity contribution < 1.29 is 31.1 Å². The molecule has 1 amide bonds. The summed E-state index contributed by atoms with van der Waals surface area (Å²) in [5.74, 6) is 0. The molecular weight excluding hydrogens is 408 g/mol. The minimum Gasteiger partial charge on any atom is -0.441 e. The van der Waals surface area contributed by atoms with E-state index in [-0.39, 0.29) is 17.6 Å². The third-order valence-electron chi connectivity index (χ3n) is 4.84. The van der Waals surface area contributed by atoms with Gasteiger partial charge >= 0.3 is 6.09 Å². The molecule has 2 aliphatic rings. The number of nitrogens with zero attached hydrogens (tertiary/aromatic N) is 2. The Labute approximate surface area is 165 Å². The molecule has 1 aromatic rings. The van der Waals surface area contributed by atoms with Gasteiger partial charge in [-0.15, -0.1) is 0 Å². The molecule has 2 saturated heterocycles. The second-order valence-corrected chi connectivity index (χ2v) is 11.1. The number of carbonyl (C=O) groups excluding carboxylic acids is 1. The summed E-state index contributed by atoms with van der Waals surface area (Å²) >= 11 is 0. The summed E-state index contributed by atoms with van der Waals surface area (Å²) in [5, 5.41) is 0. The third-order valence-corrected chi connectivity index (χ3v) is 7.27. The fourth-order valence-corrected chi connectivity index (χ4v) is 4.77. The molecule has 1 unspecified atom stereocenters. The number of sulfone groups is 1. The van der Waals surface area contributed by atoms with E-state index in [2.05, 4.69) is 0 Å². The van der Waals surface area contributed by atoms with Gasteiger partial charge in [0.25, 0.3) is 0 Å². The van der Waals surface area contributed by atoms with Gasteiger partial charge in [-0.25, -0.2) is 25.9 Å². The van der Waals surface area contributed by atoms with Crippen LogP contribution < -0.4 is 4.90 Å². The fraction of sp³-hybridized carbons (Fsp3) is 0.588. The molecule has 2 aliphatic heterocycles. The predicted molar refractivity (Wildman–Crippen MR) is 103 cm³/mol. The Morgan fingerprint density at radius 3 is 2.21 bits per heavy atom. The summed E-state index contributed by atoms with van der Waals surface area (Å²) in [6.07, 6.45) is 2.51. The van der Waals surface area contributed by atoms with Crippen molar-refractivity contribution in [1.29, 1.82) is 0 Å². The lowest BCUT2D eigenvalue weighted by atomic mass is 10.1. The summed E-state index contributed by atoms with van der Waals surface area (Å²) in [6.45, 7) is 1.38. The Balaban J connectivity index is 1.51. The maximum atomic E-state index is 12.1. The average molecular weight is 433 g/mol. The summed E-state index contributed by atoms with van der Waals surface area (Å²) in [7, 11) is -6.47. The highest BCUT2D eigenvalue weighted by Crippen LogP contribution is 2.24. The number of hydrogen-bond acceptors (Lipinski definition) is 7. The van der Waals surface area contributed by atoms with Gasteiger partial charge in [-0.1, -0.05) is 0 Å². The van der Waals surface area contributed by atoms with E-state index in [1.165, 1.54) is 27.6 Å². The van der Waals surface area contributed by atoms with Crippen LogP contribution in [0.5, 0.6) is 0 Å². The molecule has 1 atom stereocenters. The molecule has 0 aliphatic carbocycles. The number of anilines is 1. The smallest absolute Gasteiger partial charge is 0.414 e. The van der Waals surface area contributed by atoms with Gasteiger partial charge in [0.15, 0.2) is 9.84 Å². The number of benzene rings is 1. The minimum absolute atomic E-state index is 0.0696. The number of ether oxygens (including phenoxy) is 2. The van der Waals surface area contributed by atoms with Gasteiger partial charge in [-0.3, -0.25) is 4.90 Å². The summed E-state index contributed by atoms with van der Waals surface area (Å²) in [6, 6.07) is 6.05. The summed E-state index contributed by atoms with van der Waals surface area (Å²) in [5.41, 5.74) is 0.557. The van der Waals surface area contributed by atoms with Crippen LogP contribution in [0.15, 0.2) is 29.2 Å². The normalized spacial score (nSPS) is 22.4. The van der Waals surface area contributed by atoms with Gasteiger partial charge in [-0.2, -0.15) is 0 Å². The lowest BCUT2D eigenvalue weighted by molar-refractivity contribution is -0.0193. The first-order valence-corrected chi connectivity index (χ1v) is 12.6. The molecule has 0 radical (unpaired) electrons. The lowest BCUT2D eigenvalue weighted by Crippen LogP contribution is -2.41. The zero-order chi connectivity index (χ0) is 20.5. The number of hydrogen-bond donors (Lipinski definition) is 0. The second kappa shape index (κ2) is 7.97.